The molecule has 0 radical (unpaired) electrons. The first-order chi connectivity index (χ1) is 12.3. The quantitative estimate of drug-likeness (QED) is 0.732. The molecule has 128 valence electrons. The van der Waals surface area contributed by atoms with Gasteiger partial charge in [-0.2, -0.15) is 0 Å². The zero-order valence-electron chi connectivity index (χ0n) is 14.5. The van der Waals surface area contributed by atoms with Crippen molar-refractivity contribution in [3.8, 4) is 11.4 Å². The zero-order valence-corrected chi connectivity index (χ0v) is 14.5. The van der Waals surface area contributed by atoms with Crippen LogP contribution in [0.4, 0.5) is 5.82 Å². The van der Waals surface area contributed by atoms with Crippen molar-refractivity contribution in [2.45, 2.75) is 26.3 Å². The van der Waals surface area contributed by atoms with Gasteiger partial charge in [0.1, 0.15) is 5.82 Å². The maximum Gasteiger partial charge on any atom is 0.161 e. The van der Waals surface area contributed by atoms with Crippen molar-refractivity contribution in [3.05, 3.63) is 60.8 Å². The number of benzene rings is 1. The Morgan fingerprint density at radius 3 is 2.84 bits per heavy atom. The molecule has 1 atom stereocenters. The standard InChI is InChI=1S/C20H23N5/c1-16-12-19(23-20(22-16)18-7-3-2-4-8-18)25-10-5-6-17(14-25)13-24-11-9-21-15-24/h2-4,7-9,11-12,15,17H,5-6,10,13-14H2,1H3/t17-/m0/s1. The van der Waals surface area contributed by atoms with E-state index in [1.165, 1.54) is 12.8 Å². The number of piperidine rings is 1. The van der Waals surface area contributed by atoms with E-state index in [2.05, 4.69) is 37.6 Å². The van der Waals surface area contributed by atoms with Gasteiger partial charge in [-0.15, -0.1) is 0 Å². The number of anilines is 1. The lowest BCUT2D eigenvalue weighted by atomic mass is 9.98. The van der Waals surface area contributed by atoms with Gasteiger partial charge in [0.15, 0.2) is 5.82 Å². The molecule has 0 N–H and O–H groups in total. The number of nitrogens with zero attached hydrogens (tertiary/aromatic N) is 5. The fourth-order valence-electron chi connectivity index (χ4n) is 3.55. The normalized spacial score (nSPS) is 17.6. The number of aryl methyl sites for hydroxylation is 1. The molecular weight excluding hydrogens is 310 g/mol. The molecule has 1 saturated heterocycles. The highest BCUT2D eigenvalue weighted by molar-refractivity contribution is 5.57. The van der Waals surface area contributed by atoms with Gasteiger partial charge < -0.3 is 9.47 Å². The van der Waals surface area contributed by atoms with Gasteiger partial charge in [0.2, 0.25) is 0 Å². The fraction of sp³-hybridized carbons (Fsp3) is 0.350. The Kier molecular flexibility index (Phi) is 4.46. The number of imidazole rings is 1. The Labute approximate surface area is 148 Å². The molecule has 1 fully saturated rings. The van der Waals surface area contributed by atoms with Crippen LogP contribution in [0.3, 0.4) is 0 Å². The average molecular weight is 333 g/mol. The van der Waals surface area contributed by atoms with Crippen LogP contribution in [0.2, 0.25) is 0 Å². The van der Waals surface area contributed by atoms with E-state index < -0.39 is 0 Å². The molecule has 0 amide bonds. The largest absolute Gasteiger partial charge is 0.356 e. The van der Waals surface area contributed by atoms with E-state index >= 15 is 0 Å². The van der Waals surface area contributed by atoms with E-state index in [1.807, 2.05) is 43.8 Å². The molecule has 0 aliphatic carbocycles. The maximum absolute atomic E-state index is 4.85. The van der Waals surface area contributed by atoms with Crippen molar-refractivity contribution < 1.29 is 0 Å². The number of hydrogen-bond donors (Lipinski definition) is 0. The van der Waals surface area contributed by atoms with E-state index in [9.17, 15) is 0 Å². The molecule has 0 unspecified atom stereocenters. The Bertz CT molecular complexity index is 813. The second-order valence-corrected chi connectivity index (χ2v) is 6.77. The number of aromatic nitrogens is 4. The summed E-state index contributed by atoms with van der Waals surface area (Å²) in [6.07, 6.45) is 8.25. The first-order valence-corrected chi connectivity index (χ1v) is 8.90. The molecule has 3 heterocycles. The third kappa shape index (κ3) is 3.71. The summed E-state index contributed by atoms with van der Waals surface area (Å²) < 4.78 is 2.18. The van der Waals surface area contributed by atoms with Gasteiger partial charge in [0, 0.05) is 49.4 Å². The monoisotopic (exact) mass is 333 g/mol. The summed E-state index contributed by atoms with van der Waals surface area (Å²) in [6, 6.07) is 12.3. The van der Waals surface area contributed by atoms with Crippen LogP contribution in [0, 0.1) is 12.8 Å². The topological polar surface area (TPSA) is 46.8 Å². The molecule has 0 spiro atoms. The van der Waals surface area contributed by atoms with Crippen LogP contribution in [0.1, 0.15) is 18.5 Å². The summed E-state index contributed by atoms with van der Waals surface area (Å²) in [5.74, 6) is 2.48. The molecule has 5 nitrogen and oxygen atoms in total. The van der Waals surface area contributed by atoms with Gasteiger partial charge in [0.25, 0.3) is 0 Å². The van der Waals surface area contributed by atoms with E-state index in [0.717, 1.165) is 42.5 Å². The van der Waals surface area contributed by atoms with E-state index in [4.69, 9.17) is 4.98 Å². The lowest BCUT2D eigenvalue weighted by molar-refractivity contribution is 0.365. The van der Waals surface area contributed by atoms with E-state index in [0.29, 0.717) is 5.92 Å². The van der Waals surface area contributed by atoms with Crippen molar-refractivity contribution >= 4 is 5.82 Å². The van der Waals surface area contributed by atoms with Crippen molar-refractivity contribution in [2.75, 3.05) is 18.0 Å². The summed E-state index contributed by atoms with van der Waals surface area (Å²) in [7, 11) is 0. The molecule has 0 saturated carbocycles. The van der Waals surface area contributed by atoms with Gasteiger partial charge in [-0.25, -0.2) is 15.0 Å². The van der Waals surface area contributed by atoms with Gasteiger partial charge in [0.05, 0.1) is 6.33 Å². The smallest absolute Gasteiger partial charge is 0.161 e. The number of rotatable bonds is 4. The fourth-order valence-corrected chi connectivity index (χ4v) is 3.55. The molecule has 5 heteroatoms. The molecule has 1 aliphatic heterocycles. The maximum atomic E-state index is 4.85. The lowest BCUT2D eigenvalue weighted by Gasteiger charge is -2.34. The Balaban J connectivity index is 1.55. The summed E-state index contributed by atoms with van der Waals surface area (Å²) in [6.45, 7) is 5.16. The van der Waals surface area contributed by atoms with Crippen LogP contribution in [-0.4, -0.2) is 32.6 Å². The van der Waals surface area contributed by atoms with Gasteiger partial charge >= 0.3 is 0 Å². The molecule has 1 aromatic carbocycles. The first kappa shape index (κ1) is 15.8. The lowest BCUT2D eigenvalue weighted by Crippen LogP contribution is -2.37. The van der Waals surface area contributed by atoms with Crippen LogP contribution < -0.4 is 4.90 Å². The third-order valence-electron chi connectivity index (χ3n) is 4.74. The second-order valence-electron chi connectivity index (χ2n) is 6.77. The van der Waals surface area contributed by atoms with Crippen LogP contribution in [0.25, 0.3) is 11.4 Å². The van der Waals surface area contributed by atoms with Crippen LogP contribution in [-0.2, 0) is 6.54 Å². The molecule has 2 aromatic heterocycles. The van der Waals surface area contributed by atoms with Gasteiger partial charge in [-0.05, 0) is 25.7 Å². The predicted octanol–water partition coefficient (Wildman–Crippen LogP) is 3.57. The van der Waals surface area contributed by atoms with Crippen LogP contribution >= 0.6 is 0 Å². The van der Waals surface area contributed by atoms with Crippen molar-refractivity contribution in [1.82, 2.24) is 19.5 Å². The summed E-state index contributed by atoms with van der Waals surface area (Å²) in [4.78, 5) is 16.0. The minimum atomic E-state index is 0.624. The average Bonchev–Trinajstić information content (AvgIpc) is 3.15. The summed E-state index contributed by atoms with van der Waals surface area (Å²) in [5, 5.41) is 0. The summed E-state index contributed by atoms with van der Waals surface area (Å²) >= 11 is 0. The minimum absolute atomic E-state index is 0.624. The van der Waals surface area contributed by atoms with Crippen molar-refractivity contribution in [1.29, 1.82) is 0 Å². The molecular formula is C20H23N5. The summed E-state index contributed by atoms with van der Waals surface area (Å²) in [5.41, 5.74) is 2.08. The molecule has 25 heavy (non-hydrogen) atoms. The molecule has 0 bridgehead atoms. The second kappa shape index (κ2) is 7.05. The van der Waals surface area contributed by atoms with Gasteiger partial charge in [-0.1, -0.05) is 30.3 Å². The SMILES string of the molecule is Cc1cc(N2CCC[C@@H](Cn3ccnc3)C2)nc(-c2ccccc2)n1. The van der Waals surface area contributed by atoms with Crippen molar-refractivity contribution in [3.63, 3.8) is 0 Å². The Morgan fingerprint density at radius 1 is 1.16 bits per heavy atom. The molecule has 1 aliphatic rings. The van der Waals surface area contributed by atoms with Crippen molar-refractivity contribution in [2.24, 2.45) is 5.92 Å². The highest BCUT2D eigenvalue weighted by Gasteiger charge is 2.22. The Hall–Kier alpha value is -2.69. The molecule has 3 aromatic rings. The van der Waals surface area contributed by atoms with E-state index in [1.54, 1.807) is 0 Å². The van der Waals surface area contributed by atoms with Gasteiger partial charge in [-0.3, -0.25) is 0 Å². The van der Waals surface area contributed by atoms with E-state index in [-0.39, 0.29) is 0 Å². The number of hydrogen-bond acceptors (Lipinski definition) is 4. The third-order valence-corrected chi connectivity index (χ3v) is 4.74. The zero-order chi connectivity index (χ0) is 17.1. The van der Waals surface area contributed by atoms with Crippen LogP contribution in [0.5, 0.6) is 0 Å². The predicted molar refractivity (Wildman–Crippen MR) is 99.4 cm³/mol. The van der Waals surface area contributed by atoms with Crippen LogP contribution in [0.15, 0.2) is 55.1 Å². The molecule has 4 rings (SSSR count). The Morgan fingerprint density at radius 2 is 2.04 bits per heavy atom. The minimum Gasteiger partial charge on any atom is -0.356 e. The first-order valence-electron chi connectivity index (χ1n) is 8.90. The highest BCUT2D eigenvalue weighted by atomic mass is 15.2. The highest BCUT2D eigenvalue weighted by Crippen LogP contribution is 2.25.